The minimum absolute atomic E-state index is 0.0752. The molecule has 0 aromatic carbocycles. The van der Waals surface area contributed by atoms with Crippen LogP contribution in [0.2, 0.25) is 0 Å². The number of carbonyl (C=O) groups excluding carboxylic acids is 1. The molecule has 0 aliphatic carbocycles. The lowest BCUT2D eigenvalue weighted by atomic mass is 10.0. The number of aryl methyl sites for hydroxylation is 2. The zero-order valence-corrected chi connectivity index (χ0v) is 9.82. The molecular formula is C12H15N3O. The zero-order valence-electron chi connectivity index (χ0n) is 9.82. The first kappa shape index (κ1) is 10.8. The lowest BCUT2D eigenvalue weighted by Gasteiger charge is -2.19. The molecule has 0 fully saturated rings. The summed E-state index contributed by atoms with van der Waals surface area (Å²) in [6, 6.07) is 4.02. The van der Waals surface area contributed by atoms with Crippen LogP contribution in [0.1, 0.15) is 29.8 Å². The molecule has 0 unspecified atom stereocenters. The summed E-state index contributed by atoms with van der Waals surface area (Å²) in [4.78, 5) is 15.6. The molecule has 4 nitrogen and oxygen atoms in total. The van der Waals surface area contributed by atoms with Gasteiger partial charge >= 0.3 is 0 Å². The molecular weight excluding hydrogens is 202 g/mol. The Balaban J connectivity index is 2.37. The molecule has 0 radical (unpaired) electrons. The standard InChI is InChI=1S/C12H15N3O/c1-8-6-10(7-9(2)13-8)11-4-5-12(16)15(3)14-11/h6-7H,4-5H2,1-3H3. The smallest absolute Gasteiger partial charge is 0.242 e. The maximum Gasteiger partial charge on any atom is 0.242 e. The second-order valence-corrected chi connectivity index (χ2v) is 4.10. The second-order valence-electron chi connectivity index (χ2n) is 4.10. The Bertz CT molecular complexity index is 445. The first-order valence-electron chi connectivity index (χ1n) is 5.36. The number of nitrogens with zero attached hydrogens (tertiary/aromatic N) is 3. The normalized spacial score (nSPS) is 16.3. The highest BCUT2D eigenvalue weighted by atomic mass is 16.2. The van der Waals surface area contributed by atoms with E-state index in [-0.39, 0.29) is 5.91 Å². The van der Waals surface area contributed by atoms with Crippen molar-refractivity contribution in [2.45, 2.75) is 26.7 Å². The van der Waals surface area contributed by atoms with Crippen LogP contribution in [0.15, 0.2) is 17.2 Å². The Labute approximate surface area is 95.0 Å². The number of carbonyl (C=O) groups is 1. The summed E-state index contributed by atoms with van der Waals surface area (Å²) in [5.41, 5.74) is 4.01. The maximum atomic E-state index is 11.3. The molecule has 0 bridgehead atoms. The van der Waals surface area contributed by atoms with Crippen molar-refractivity contribution in [3.05, 3.63) is 29.1 Å². The minimum Gasteiger partial charge on any atom is -0.273 e. The highest BCUT2D eigenvalue weighted by Crippen LogP contribution is 2.15. The predicted molar refractivity (Wildman–Crippen MR) is 62.3 cm³/mol. The summed E-state index contributed by atoms with van der Waals surface area (Å²) in [5, 5.41) is 5.71. The fourth-order valence-corrected chi connectivity index (χ4v) is 1.88. The number of rotatable bonds is 1. The van der Waals surface area contributed by atoms with E-state index in [2.05, 4.69) is 10.1 Å². The fourth-order valence-electron chi connectivity index (χ4n) is 1.88. The van der Waals surface area contributed by atoms with Crippen LogP contribution in [0.3, 0.4) is 0 Å². The SMILES string of the molecule is Cc1cc(C2=NN(C)C(=O)CC2)cc(C)n1. The first-order valence-corrected chi connectivity index (χ1v) is 5.36. The van der Waals surface area contributed by atoms with E-state index in [4.69, 9.17) is 0 Å². The molecule has 1 aromatic heterocycles. The van der Waals surface area contributed by atoms with Crippen molar-refractivity contribution in [3.8, 4) is 0 Å². The monoisotopic (exact) mass is 217 g/mol. The van der Waals surface area contributed by atoms with Crippen molar-refractivity contribution in [3.63, 3.8) is 0 Å². The Hall–Kier alpha value is -1.71. The topological polar surface area (TPSA) is 45.6 Å². The van der Waals surface area contributed by atoms with Crippen LogP contribution in [0, 0.1) is 13.8 Å². The molecule has 84 valence electrons. The van der Waals surface area contributed by atoms with E-state index < -0.39 is 0 Å². The zero-order chi connectivity index (χ0) is 11.7. The van der Waals surface area contributed by atoms with E-state index in [0.717, 1.165) is 22.7 Å². The summed E-state index contributed by atoms with van der Waals surface area (Å²) in [6.45, 7) is 3.93. The van der Waals surface area contributed by atoms with Crippen LogP contribution in [0.5, 0.6) is 0 Å². The minimum atomic E-state index is 0.0752. The Kier molecular flexibility index (Phi) is 2.73. The third kappa shape index (κ3) is 2.10. The van der Waals surface area contributed by atoms with Gasteiger partial charge in [0.25, 0.3) is 0 Å². The Morgan fingerprint density at radius 3 is 2.38 bits per heavy atom. The number of amides is 1. The van der Waals surface area contributed by atoms with E-state index >= 15 is 0 Å². The highest BCUT2D eigenvalue weighted by molar-refractivity contribution is 6.04. The van der Waals surface area contributed by atoms with E-state index in [1.54, 1.807) is 7.05 Å². The second kappa shape index (κ2) is 4.04. The van der Waals surface area contributed by atoms with Gasteiger partial charge in [0.05, 0.1) is 5.71 Å². The molecule has 1 aliphatic heterocycles. The molecule has 0 spiro atoms. The first-order chi connectivity index (χ1) is 7.56. The van der Waals surface area contributed by atoms with Crippen LogP contribution in [-0.2, 0) is 4.79 Å². The van der Waals surface area contributed by atoms with Crippen LogP contribution >= 0.6 is 0 Å². The Morgan fingerprint density at radius 1 is 1.19 bits per heavy atom. The summed E-state index contributed by atoms with van der Waals surface area (Å²) in [5.74, 6) is 0.0752. The molecule has 0 atom stereocenters. The lowest BCUT2D eigenvalue weighted by Crippen LogP contribution is -2.28. The number of hydrogen-bond acceptors (Lipinski definition) is 3. The van der Waals surface area contributed by atoms with Crippen molar-refractivity contribution in [1.29, 1.82) is 0 Å². The molecule has 0 saturated heterocycles. The van der Waals surface area contributed by atoms with Crippen molar-refractivity contribution in [1.82, 2.24) is 9.99 Å². The van der Waals surface area contributed by atoms with Crippen molar-refractivity contribution >= 4 is 11.6 Å². The van der Waals surface area contributed by atoms with Gasteiger partial charge < -0.3 is 0 Å². The van der Waals surface area contributed by atoms with Gasteiger partial charge in [0.2, 0.25) is 5.91 Å². The van der Waals surface area contributed by atoms with Gasteiger partial charge in [0.1, 0.15) is 0 Å². The molecule has 2 heterocycles. The van der Waals surface area contributed by atoms with Gasteiger partial charge in [-0.25, -0.2) is 5.01 Å². The number of aromatic nitrogens is 1. The molecule has 0 saturated carbocycles. The van der Waals surface area contributed by atoms with E-state index in [1.807, 2.05) is 26.0 Å². The van der Waals surface area contributed by atoms with Crippen LogP contribution in [-0.4, -0.2) is 28.7 Å². The lowest BCUT2D eigenvalue weighted by molar-refractivity contribution is -0.130. The van der Waals surface area contributed by atoms with Gasteiger partial charge in [0, 0.05) is 36.8 Å². The quantitative estimate of drug-likeness (QED) is 0.718. The van der Waals surface area contributed by atoms with Crippen molar-refractivity contribution < 1.29 is 4.79 Å². The van der Waals surface area contributed by atoms with Crippen LogP contribution in [0.4, 0.5) is 0 Å². The van der Waals surface area contributed by atoms with Gasteiger partial charge in [-0.15, -0.1) is 0 Å². The maximum absolute atomic E-state index is 11.3. The molecule has 4 heteroatoms. The predicted octanol–water partition coefficient (Wildman–Crippen LogP) is 1.65. The van der Waals surface area contributed by atoms with Crippen LogP contribution < -0.4 is 0 Å². The highest BCUT2D eigenvalue weighted by Gasteiger charge is 2.18. The fraction of sp³-hybridized carbons (Fsp3) is 0.417. The summed E-state index contributed by atoms with van der Waals surface area (Å²) < 4.78 is 0. The van der Waals surface area contributed by atoms with Gasteiger partial charge in [0.15, 0.2) is 0 Å². The number of hydrogen-bond donors (Lipinski definition) is 0. The summed E-state index contributed by atoms with van der Waals surface area (Å²) in [6.07, 6.45) is 1.25. The van der Waals surface area contributed by atoms with Crippen molar-refractivity contribution in [2.24, 2.45) is 5.10 Å². The molecule has 1 aliphatic rings. The largest absolute Gasteiger partial charge is 0.273 e. The van der Waals surface area contributed by atoms with Gasteiger partial charge in [-0.2, -0.15) is 5.10 Å². The van der Waals surface area contributed by atoms with E-state index in [9.17, 15) is 4.79 Å². The summed E-state index contributed by atoms with van der Waals surface area (Å²) in [7, 11) is 1.70. The third-order valence-corrected chi connectivity index (χ3v) is 2.62. The molecule has 16 heavy (non-hydrogen) atoms. The molecule has 0 N–H and O–H groups in total. The van der Waals surface area contributed by atoms with Gasteiger partial charge in [-0.05, 0) is 26.0 Å². The van der Waals surface area contributed by atoms with Gasteiger partial charge in [-0.3, -0.25) is 9.78 Å². The van der Waals surface area contributed by atoms with Crippen molar-refractivity contribution in [2.75, 3.05) is 7.05 Å². The van der Waals surface area contributed by atoms with E-state index in [0.29, 0.717) is 12.8 Å². The average Bonchev–Trinajstić information content (AvgIpc) is 2.20. The van der Waals surface area contributed by atoms with Gasteiger partial charge in [-0.1, -0.05) is 0 Å². The number of hydrazone groups is 1. The summed E-state index contributed by atoms with van der Waals surface area (Å²) >= 11 is 0. The van der Waals surface area contributed by atoms with Crippen LogP contribution in [0.25, 0.3) is 0 Å². The third-order valence-electron chi connectivity index (χ3n) is 2.62. The molecule has 2 rings (SSSR count). The average molecular weight is 217 g/mol. The molecule has 1 aromatic rings. The Morgan fingerprint density at radius 2 is 1.81 bits per heavy atom. The molecule has 1 amide bonds. The number of pyridine rings is 1. The van der Waals surface area contributed by atoms with E-state index in [1.165, 1.54) is 5.01 Å².